The number of hydrogen-bond donors (Lipinski definition) is 1. The van der Waals surface area contributed by atoms with Gasteiger partial charge in [-0.15, -0.1) is 0 Å². The van der Waals surface area contributed by atoms with Gasteiger partial charge in [-0.25, -0.2) is 14.2 Å². The highest BCUT2D eigenvalue weighted by Crippen LogP contribution is 2.38. The molecule has 25 heavy (non-hydrogen) atoms. The van der Waals surface area contributed by atoms with Crippen LogP contribution in [-0.2, 0) is 0 Å². The molecule has 0 saturated carbocycles. The van der Waals surface area contributed by atoms with Crippen LogP contribution >= 0.6 is 0 Å². The second-order valence-corrected chi connectivity index (χ2v) is 4.78. The maximum atomic E-state index is 13.5. The van der Waals surface area contributed by atoms with Crippen LogP contribution in [0.1, 0.15) is 15.9 Å². The van der Waals surface area contributed by atoms with Gasteiger partial charge in [-0.2, -0.15) is 5.10 Å². The Hall–Kier alpha value is -3.16. The number of nitrogens with one attached hydrogen (secondary N) is 1. The summed E-state index contributed by atoms with van der Waals surface area (Å²) in [4.78, 5) is 12.2. The fourth-order valence-electron chi connectivity index (χ4n) is 2.04. The summed E-state index contributed by atoms with van der Waals surface area (Å²) in [6, 6.07) is 5.92. The zero-order valence-electron chi connectivity index (χ0n) is 13.8. The Morgan fingerprint density at radius 3 is 2.20 bits per heavy atom. The van der Waals surface area contributed by atoms with Gasteiger partial charge in [0.25, 0.3) is 5.91 Å². The number of nitrogens with zero attached hydrogens (tertiary/aromatic N) is 1. The molecule has 0 heterocycles. The molecular weight excluding hydrogens is 334 g/mol. The molecule has 6 nitrogen and oxygen atoms in total. The van der Waals surface area contributed by atoms with Crippen molar-refractivity contribution in [2.24, 2.45) is 5.10 Å². The molecule has 0 saturated heterocycles. The van der Waals surface area contributed by atoms with Crippen molar-refractivity contribution in [2.75, 3.05) is 21.3 Å². The Labute approximate surface area is 143 Å². The van der Waals surface area contributed by atoms with Crippen molar-refractivity contribution in [3.63, 3.8) is 0 Å². The number of halogens is 2. The number of amides is 1. The van der Waals surface area contributed by atoms with E-state index in [-0.39, 0.29) is 11.1 Å². The Kier molecular flexibility index (Phi) is 5.89. The second-order valence-electron chi connectivity index (χ2n) is 4.78. The van der Waals surface area contributed by atoms with Crippen molar-refractivity contribution in [1.82, 2.24) is 5.43 Å². The van der Waals surface area contributed by atoms with Crippen molar-refractivity contribution in [2.45, 2.75) is 0 Å². The van der Waals surface area contributed by atoms with Crippen LogP contribution in [0.2, 0.25) is 0 Å². The first-order chi connectivity index (χ1) is 12.0. The molecule has 0 spiro atoms. The van der Waals surface area contributed by atoms with E-state index in [9.17, 15) is 13.6 Å². The van der Waals surface area contributed by atoms with Crippen molar-refractivity contribution in [3.05, 3.63) is 53.1 Å². The molecule has 0 unspecified atom stereocenters. The van der Waals surface area contributed by atoms with E-state index >= 15 is 0 Å². The molecule has 132 valence electrons. The summed E-state index contributed by atoms with van der Waals surface area (Å²) in [6.07, 6.45) is 1.07. The monoisotopic (exact) mass is 350 g/mol. The van der Waals surface area contributed by atoms with E-state index in [0.29, 0.717) is 17.2 Å². The molecule has 0 aliphatic rings. The quantitative estimate of drug-likeness (QED) is 0.642. The topological polar surface area (TPSA) is 69.2 Å². The van der Waals surface area contributed by atoms with Crippen LogP contribution in [0.3, 0.4) is 0 Å². The van der Waals surface area contributed by atoms with Crippen LogP contribution < -0.4 is 19.6 Å². The molecule has 0 fully saturated rings. The number of methoxy groups -OCH3 is 3. The molecule has 0 bridgehead atoms. The van der Waals surface area contributed by atoms with E-state index in [1.54, 1.807) is 0 Å². The van der Waals surface area contributed by atoms with Gasteiger partial charge < -0.3 is 14.2 Å². The van der Waals surface area contributed by atoms with Gasteiger partial charge in [-0.05, 0) is 24.3 Å². The smallest absolute Gasteiger partial charge is 0.271 e. The number of carbonyl (C=O) groups excluding carboxylic acids is 1. The van der Waals surface area contributed by atoms with Gasteiger partial charge in [0, 0.05) is 17.2 Å². The van der Waals surface area contributed by atoms with Gasteiger partial charge in [-0.3, -0.25) is 4.79 Å². The third-order valence-corrected chi connectivity index (χ3v) is 3.26. The van der Waals surface area contributed by atoms with Crippen LogP contribution in [0, 0.1) is 11.6 Å². The minimum atomic E-state index is -0.786. The van der Waals surface area contributed by atoms with Crippen molar-refractivity contribution >= 4 is 12.1 Å². The Morgan fingerprint density at radius 1 is 1.04 bits per heavy atom. The van der Waals surface area contributed by atoms with Gasteiger partial charge in [0.15, 0.2) is 11.5 Å². The molecule has 1 N–H and O–H groups in total. The summed E-state index contributed by atoms with van der Waals surface area (Å²) < 4.78 is 41.8. The standard InChI is InChI=1S/C17H16F2N2O4/c1-23-14-6-11(7-15(24-2)16(14)25-3)17(22)21-20-9-10-4-5-12(18)8-13(10)19/h4-9H,1-3H3,(H,21,22). The van der Waals surface area contributed by atoms with Crippen LogP contribution in [-0.4, -0.2) is 33.5 Å². The summed E-state index contributed by atoms with van der Waals surface area (Å²) in [5.41, 5.74) is 2.48. The summed E-state index contributed by atoms with van der Waals surface area (Å²) in [5.74, 6) is -1.10. The lowest BCUT2D eigenvalue weighted by atomic mass is 10.1. The molecule has 0 atom stereocenters. The fourth-order valence-corrected chi connectivity index (χ4v) is 2.04. The van der Waals surface area contributed by atoms with E-state index in [2.05, 4.69) is 10.5 Å². The number of ether oxygens (including phenoxy) is 3. The zero-order chi connectivity index (χ0) is 18.4. The summed E-state index contributed by atoms with van der Waals surface area (Å²) >= 11 is 0. The molecule has 1 amide bonds. The van der Waals surface area contributed by atoms with Crippen molar-refractivity contribution in [3.8, 4) is 17.2 Å². The molecule has 8 heteroatoms. The molecule has 0 aliphatic carbocycles. The lowest BCUT2D eigenvalue weighted by Crippen LogP contribution is -2.18. The lowest BCUT2D eigenvalue weighted by molar-refractivity contribution is 0.0954. The minimum absolute atomic E-state index is 0.0339. The number of hydrogen-bond acceptors (Lipinski definition) is 5. The van der Waals surface area contributed by atoms with Gasteiger partial charge in [0.05, 0.1) is 27.5 Å². The maximum absolute atomic E-state index is 13.5. The summed E-state index contributed by atoms with van der Waals surface area (Å²) in [5, 5.41) is 3.66. The molecule has 0 aliphatic heterocycles. The Morgan fingerprint density at radius 2 is 1.68 bits per heavy atom. The van der Waals surface area contributed by atoms with Crippen molar-refractivity contribution in [1.29, 1.82) is 0 Å². The van der Waals surface area contributed by atoms with E-state index < -0.39 is 17.5 Å². The summed E-state index contributed by atoms with van der Waals surface area (Å²) in [7, 11) is 4.30. The Balaban J connectivity index is 2.19. The predicted octanol–water partition coefficient (Wildman–Crippen LogP) is 2.75. The largest absolute Gasteiger partial charge is 0.493 e. The van der Waals surface area contributed by atoms with Gasteiger partial charge in [-0.1, -0.05) is 0 Å². The molecule has 2 rings (SSSR count). The first kappa shape index (κ1) is 18.2. The predicted molar refractivity (Wildman–Crippen MR) is 87.5 cm³/mol. The van der Waals surface area contributed by atoms with E-state index in [0.717, 1.165) is 18.3 Å². The van der Waals surface area contributed by atoms with E-state index in [1.807, 2.05) is 0 Å². The third-order valence-electron chi connectivity index (χ3n) is 3.26. The average Bonchev–Trinajstić information content (AvgIpc) is 2.61. The lowest BCUT2D eigenvalue weighted by Gasteiger charge is -2.13. The minimum Gasteiger partial charge on any atom is -0.493 e. The normalized spacial score (nSPS) is 10.6. The van der Waals surface area contributed by atoms with E-state index in [1.165, 1.54) is 39.5 Å². The zero-order valence-corrected chi connectivity index (χ0v) is 13.8. The van der Waals surface area contributed by atoms with Crippen molar-refractivity contribution < 1.29 is 27.8 Å². The maximum Gasteiger partial charge on any atom is 0.271 e. The Bertz CT molecular complexity index is 784. The molecule has 2 aromatic carbocycles. The van der Waals surface area contributed by atoms with Gasteiger partial charge in [0.1, 0.15) is 11.6 Å². The highest BCUT2D eigenvalue weighted by molar-refractivity contribution is 5.96. The average molecular weight is 350 g/mol. The van der Waals surface area contributed by atoms with Gasteiger partial charge >= 0.3 is 0 Å². The number of carbonyl (C=O) groups is 1. The summed E-state index contributed by atoms with van der Waals surface area (Å²) in [6.45, 7) is 0. The molecule has 0 aromatic heterocycles. The number of rotatable bonds is 6. The molecule has 0 radical (unpaired) electrons. The third kappa shape index (κ3) is 4.23. The van der Waals surface area contributed by atoms with Crippen LogP contribution in [0.15, 0.2) is 35.4 Å². The SMILES string of the molecule is COc1cc(C(=O)NN=Cc2ccc(F)cc2F)cc(OC)c1OC. The van der Waals surface area contributed by atoms with Crippen LogP contribution in [0.4, 0.5) is 8.78 Å². The van der Waals surface area contributed by atoms with E-state index in [4.69, 9.17) is 14.2 Å². The molecular formula is C17H16F2N2O4. The van der Waals surface area contributed by atoms with Crippen LogP contribution in [0.25, 0.3) is 0 Å². The number of benzene rings is 2. The first-order valence-electron chi connectivity index (χ1n) is 7.08. The highest BCUT2D eigenvalue weighted by atomic mass is 19.1. The number of hydrazone groups is 1. The highest BCUT2D eigenvalue weighted by Gasteiger charge is 2.16. The van der Waals surface area contributed by atoms with Crippen LogP contribution in [0.5, 0.6) is 17.2 Å². The molecule has 2 aromatic rings. The van der Waals surface area contributed by atoms with Gasteiger partial charge in [0.2, 0.25) is 5.75 Å². The fraction of sp³-hybridized carbons (Fsp3) is 0.176. The first-order valence-corrected chi connectivity index (χ1v) is 7.08. The second kappa shape index (κ2) is 8.09.